The van der Waals surface area contributed by atoms with Crippen molar-refractivity contribution in [1.29, 1.82) is 0 Å². The van der Waals surface area contributed by atoms with Crippen molar-refractivity contribution < 1.29 is 4.79 Å². The summed E-state index contributed by atoms with van der Waals surface area (Å²) in [4.78, 5) is 24.0. The van der Waals surface area contributed by atoms with Gasteiger partial charge in [0.25, 0.3) is 5.91 Å². The normalized spacial score (nSPS) is 15.5. The number of anilines is 3. The van der Waals surface area contributed by atoms with Gasteiger partial charge in [-0.05, 0) is 50.1 Å². The van der Waals surface area contributed by atoms with Crippen molar-refractivity contribution in [2.24, 2.45) is 0 Å². The first-order valence-corrected chi connectivity index (χ1v) is 9.19. The van der Waals surface area contributed by atoms with Crippen molar-refractivity contribution >= 4 is 34.8 Å². The standard InChI is InChI=1S/C21H19ClN4O/c1-13-11-18(20(27)24-17-9-5-4-8-16(17)22)25-21(23-13)26-14(2)12-15-7-3-6-10-19(15)26/h3-11,14H,12H2,1-2H3,(H,24,27). The van der Waals surface area contributed by atoms with Gasteiger partial charge in [-0.1, -0.05) is 41.9 Å². The predicted octanol–water partition coefficient (Wildman–Crippen LogP) is 4.77. The van der Waals surface area contributed by atoms with Gasteiger partial charge in [0.2, 0.25) is 5.95 Å². The highest BCUT2D eigenvalue weighted by Crippen LogP contribution is 2.36. The van der Waals surface area contributed by atoms with Gasteiger partial charge < -0.3 is 10.2 Å². The summed E-state index contributed by atoms with van der Waals surface area (Å²) in [7, 11) is 0. The van der Waals surface area contributed by atoms with Crippen LogP contribution in [-0.2, 0) is 6.42 Å². The van der Waals surface area contributed by atoms with Crippen LogP contribution < -0.4 is 10.2 Å². The van der Waals surface area contributed by atoms with E-state index in [4.69, 9.17) is 11.6 Å². The fourth-order valence-corrected chi connectivity index (χ4v) is 3.58. The molecule has 0 saturated carbocycles. The first-order chi connectivity index (χ1) is 13.0. The van der Waals surface area contributed by atoms with Crippen LogP contribution in [0, 0.1) is 6.92 Å². The van der Waals surface area contributed by atoms with Gasteiger partial charge >= 0.3 is 0 Å². The summed E-state index contributed by atoms with van der Waals surface area (Å²) in [5, 5.41) is 3.31. The first-order valence-electron chi connectivity index (χ1n) is 8.81. The summed E-state index contributed by atoms with van der Waals surface area (Å²) in [6.45, 7) is 4.00. The molecule has 1 amide bonds. The third kappa shape index (κ3) is 3.38. The molecule has 1 unspecified atom stereocenters. The molecule has 0 aliphatic carbocycles. The van der Waals surface area contributed by atoms with Crippen LogP contribution in [0.2, 0.25) is 5.02 Å². The molecule has 1 aliphatic rings. The molecule has 2 aromatic carbocycles. The highest BCUT2D eigenvalue weighted by atomic mass is 35.5. The topological polar surface area (TPSA) is 58.1 Å². The number of benzene rings is 2. The molecule has 0 bridgehead atoms. The zero-order valence-electron chi connectivity index (χ0n) is 15.1. The van der Waals surface area contributed by atoms with Gasteiger partial charge in [-0.3, -0.25) is 4.79 Å². The molecular formula is C21H19ClN4O. The molecule has 2 heterocycles. The number of carbonyl (C=O) groups is 1. The molecule has 5 nitrogen and oxygen atoms in total. The number of nitrogens with zero attached hydrogens (tertiary/aromatic N) is 3. The van der Waals surface area contributed by atoms with Crippen LogP contribution in [0.1, 0.15) is 28.7 Å². The van der Waals surface area contributed by atoms with E-state index in [2.05, 4.69) is 39.2 Å². The van der Waals surface area contributed by atoms with Gasteiger partial charge in [0.1, 0.15) is 5.69 Å². The Balaban J connectivity index is 1.68. The minimum absolute atomic E-state index is 0.226. The molecule has 0 saturated heterocycles. The Kier molecular flexibility index (Phi) is 4.54. The lowest BCUT2D eigenvalue weighted by Gasteiger charge is -2.23. The van der Waals surface area contributed by atoms with Crippen LogP contribution >= 0.6 is 11.6 Å². The van der Waals surface area contributed by atoms with E-state index in [1.54, 1.807) is 18.2 Å². The second kappa shape index (κ2) is 7.00. The number of para-hydroxylation sites is 2. The maximum atomic E-state index is 12.7. The molecule has 0 fully saturated rings. The number of fused-ring (bicyclic) bond motifs is 1. The maximum Gasteiger partial charge on any atom is 0.274 e. The number of amides is 1. The van der Waals surface area contributed by atoms with E-state index < -0.39 is 0 Å². The van der Waals surface area contributed by atoms with E-state index in [9.17, 15) is 4.79 Å². The first kappa shape index (κ1) is 17.5. The van der Waals surface area contributed by atoms with Crippen LogP contribution in [-0.4, -0.2) is 21.9 Å². The Hall–Kier alpha value is -2.92. The Morgan fingerprint density at radius 1 is 1.15 bits per heavy atom. The molecule has 1 N–H and O–H groups in total. The number of aromatic nitrogens is 2. The summed E-state index contributed by atoms with van der Waals surface area (Å²) in [6.07, 6.45) is 0.925. The van der Waals surface area contributed by atoms with Crippen molar-refractivity contribution in [1.82, 2.24) is 9.97 Å². The van der Waals surface area contributed by atoms with Crippen LogP contribution in [0.4, 0.5) is 17.3 Å². The van der Waals surface area contributed by atoms with Crippen LogP contribution in [0.25, 0.3) is 0 Å². The quantitative estimate of drug-likeness (QED) is 0.713. The average molecular weight is 379 g/mol. The van der Waals surface area contributed by atoms with E-state index in [-0.39, 0.29) is 11.9 Å². The minimum atomic E-state index is -0.310. The van der Waals surface area contributed by atoms with E-state index in [0.717, 1.165) is 17.8 Å². The zero-order valence-corrected chi connectivity index (χ0v) is 15.9. The van der Waals surface area contributed by atoms with Gasteiger partial charge in [0.15, 0.2) is 0 Å². The molecule has 1 atom stereocenters. The van der Waals surface area contributed by atoms with Gasteiger partial charge in [0, 0.05) is 17.4 Å². The Labute approximate surface area is 163 Å². The maximum absolute atomic E-state index is 12.7. The van der Waals surface area contributed by atoms with Crippen LogP contribution in [0.5, 0.6) is 0 Å². The van der Waals surface area contributed by atoms with Gasteiger partial charge in [-0.15, -0.1) is 0 Å². The van der Waals surface area contributed by atoms with Gasteiger partial charge in [-0.2, -0.15) is 0 Å². The van der Waals surface area contributed by atoms with Gasteiger partial charge in [0.05, 0.1) is 10.7 Å². The third-order valence-corrected chi connectivity index (χ3v) is 4.95. The number of aryl methyl sites for hydroxylation is 1. The molecule has 136 valence electrons. The van der Waals surface area contributed by atoms with E-state index in [1.165, 1.54) is 5.56 Å². The number of nitrogens with one attached hydrogen (secondary N) is 1. The molecule has 27 heavy (non-hydrogen) atoms. The van der Waals surface area contributed by atoms with Crippen molar-refractivity contribution in [3.8, 4) is 0 Å². The number of hydrogen-bond donors (Lipinski definition) is 1. The number of halogens is 1. The number of hydrogen-bond acceptors (Lipinski definition) is 4. The van der Waals surface area contributed by atoms with E-state index in [0.29, 0.717) is 22.4 Å². The van der Waals surface area contributed by atoms with Crippen molar-refractivity contribution in [2.75, 3.05) is 10.2 Å². The molecule has 0 radical (unpaired) electrons. The molecule has 1 aliphatic heterocycles. The number of carbonyl (C=O) groups excluding carboxylic acids is 1. The smallest absolute Gasteiger partial charge is 0.274 e. The monoisotopic (exact) mass is 378 g/mol. The lowest BCUT2D eigenvalue weighted by molar-refractivity contribution is 0.102. The van der Waals surface area contributed by atoms with Crippen LogP contribution in [0.15, 0.2) is 54.6 Å². The largest absolute Gasteiger partial charge is 0.319 e. The highest BCUT2D eigenvalue weighted by molar-refractivity contribution is 6.33. The molecule has 3 aromatic rings. The summed E-state index contributed by atoms with van der Waals surface area (Å²) in [5.41, 5.74) is 3.96. The lowest BCUT2D eigenvalue weighted by Crippen LogP contribution is -2.27. The second-order valence-corrected chi connectivity index (χ2v) is 7.09. The minimum Gasteiger partial charge on any atom is -0.319 e. The summed E-state index contributed by atoms with van der Waals surface area (Å²) < 4.78 is 0. The van der Waals surface area contributed by atoms with Crippen molar-refractivity contribution in [2.45, 2.75) is 26.3 Å². The fraction of sp³-hybridized carbons (Fsp3) is 0.190. The molecule has 6 heteroatoms. The lowest BCUT2D eigenvalue weighted by atomic mass is 10.1. The van der Waals surface area contributed by atoms with Crippen LogP contribution in [0.3, 0.4) is 0 Å². The average Bonchev–Trinajstić information content (AvgIpc) is 2.98. The fourth-order valence-electron chi connectivity index (χ4n) is 3.40. The number of rotatable bonds is 3. The second-order valence-electron chi connectivity index (χ2n) is 6.68. The summed E-state index contributed by atoms with van der Waals surface area (Å²) >= 11 is 6.14. The van der Waals surface area contributed by atoms with Crippen molar-refractivity contribution in [3.05, 3.63) is 76.6 Å². The van der Waals surface area contributed by atoms with E-state index in [1.807, 2.05) is 31.2 Å². The third-order valence-electron chi connectivity index (χ3n) is 4.62. The zero-order chi connectivity index (χ0) is 19.0. The molecule has 1 aromatic heterocycles. The molecular weight excluding hydrogens is 360 g/mol. The van der Waals surface area contributed by atoms with Gasteiger partial charge in [-0.25, -0.2) is 9.97 Å². The summed E-state index contributed by atoms with van der Waals surface area (Å²) in [6, 6.07) is 17.3. The predicted molar refractivity (Wildman–Crippen MR) is 108 cm³/mol. The van der Waals surface area contributed by atoms with Crippen molar-refractivity contribution in [3.63, 3.8) is 0 Å². The SMILES string of the molecule is Cc1cc(C(=O)Nc2ccccc2Cl)nc(N2c3ccccc3CC2C)n1. The Morgan fingerprint density at radius 2 is 1.89 bits per heavy atom. The highest BCUT2D eigenvalue weighted by Gasteiger charge is 2.29. The Morgan fingerprint density at radius 3 is 2.70 bits per heavy atom. The molecule has 0 spiro atoms. The Bertz CT molecular complexity index is 1020. The van der Waals surface area contributed by atoms with E-state index >= 15 is 0 Å². The summed E-state index contributed by atoms with van der Waals surface area (Å²) in [5.74, 6) is 0.228. The molecule has 4 rings (SSSR count).